The van der Waals surface area contributed by atoms with Gasteiger partial charge < -0.3 is 19.1 Å². The third kappa shape index (κ3) is 5.89. The molecule has 4 fully saturated rings. The number of alkyl halides is 2. The van der Waals surface area contributed by atoms with E-state index in [-0.39, 0.29) is 46.2 Å². The summed E-state index contributed by atoms with van der Waals surface area (Å²) in [6.07, 6.45) is 6.64. The fraction of sp³-hybridized carbons (Fsp3) is 0.576. The number of halogens is 4. The van der Waals surface area contributed by atoms with Crippen LogP contribution >= 0.6 is 0 Å². The normalized spacial score (nSPS) is 22.3. The van der Waals surface area contributed by atoms with Gasteiger partial charge in [-0.15, -0.1) is 0 Å². The van der Waals surface area contributed by atoms with E-state index in [2.05, 4.69) is 19.6 Å². The number of amides is 1. The number of rotatable bonds is 7. The van der Waals surface area contributed by atoms with Gasteiger partial charge in [0.2, 0.25) is 0 Å². The van der Waals surface area contributed by atoms with Gasteiger partial charge in [0.05, 0.1) is 23.0 Å². The Labute approximate surface area is 270 Å². The SMILES string of the molecule is CC(C)(C)OC(=O)N1[C@@H]2CC[C@H]1CN(c1nc(OCC34CCCN3CCC4)nc3c(F)c(-c4cccc(F)c4OC(F)F)ncc13)C2. The number of hydrogen-bond acceptors (Lipinski definition) is 9. The predicted octanol–water partition coefficient (Wildman–Crippen LogP) is 6.17. The van der Waals surface area contributed by atoms with Crippen LogP contribution in [-0.4, -0.2) is 93.5 Å². The highest BCUT2D eigenvalue weighted by Gasteiger charge is 2.46. The first-order valence-corrected chi connectivity index (χ1v) is 16.2. The van der Waals surface area contributed by atoms with Crippen molar-refractivity contribution in [3.63, 3.8) is 0 Å². The molecular weight excluding hydrogens is 620 g/mol. The van der Waals surface area contributed by atoms with E-state index in [0.717, 1.165) is 57.7 Å². The molecular formula is C33H38F4N6O4. The van der Waals surface area contributed by atoms with Gasteiger partial charge in [-0.25, -0.2) is 13.6 Å². The zero-order valence-corrected chi connectivity index (χ0v) is 26.6. The molecule has 1 amide bonds. The second-order valence-electron chi connectivity index (χ2n) is 13.9. The fourth-order valence-electron chi connectivity index (χ4n) is 7.77. The summed E-state index contributed by atoms with van der Waals surface area (Å²) in [4.78, 5) is 32.8. The first-order valence-electron chi connectivity index (χ1n) is 16.2. The lowest BCUT2D eigenvalue weighted by atomic mass is 9.95. The van der Waals surface area contributed by atoms with Crippen molar-refractivity contribution in [3.05, 3.63) is 36.0 Å². The smallest absolute Gasteiger partial charge is 0.410 e. The summed E-state index contributed by atoms with van der Waals surface area (Å²) in [6, 6.07) is 3.15. The summed E-state index contributed by atoms with van der Waals surface area (Å²) in [6.45, 7) is 5.32. The monoisotopic (exact) mass is 658 g/mol. The van der Waals surface area contributed by atoms with Crippen LogP contribution in [0.25, 0.3) is 22.2 Å². The van der Waals surface area contributed by atoms with Crippen LogP contribution in [0, 0.1) is 11.6 Å². The maximum absolute atomic E-state index is 16.5. The van der Waals surface area contributed by atoms with E-state index in [1.807, 2.05) is 25.7 Å². The second-order valence-corrected chi connectivity index (χ2v) is 13.9. The molecule has 0 aliphatic carbocycles. The zero-order valence-electron chi connectivity index (χ0n) is 26.6. The lowest BCUT2D eigenvalue weighted by Gasteiger charge is -2.42. The number of anilines is 1. The number of fused-ring (bicyclic) bond motifs is 4. The molecule has 0 radical (unpaired) electrons. The molecule has 2 bridgehead atoms. The quantitative estimate of drug-likeness (QED) is 0.277. The highest BCUT2D eigenvalue weighted by Crippen LogP contribution is 2.41. The lowest BCUT2D eigenvalue weighted by Crippen LogP contribution is -2.57. The van der Waals surface area contributed by atoms with Crippen LogP contribution in [0.15, 0.2) is 24.4 Å². The molecule has 0 N–H and O–H groups in total. The topological polar surface area (TPSA) is 93.2 Å². The molecule has 2 aromatic heterocycles. The van der Waals surface area contributed by atoms with Gasteiger partial charge in [0.15, 0.2) is 17.4 Å². The van der Waals surface area contributed by atoms with E-state index < -0.39 is 35.3 Å². The lowest BCUT2D eigenvalue weighted by molar-refractivity contribution is -0.0518. The van der Waals surface area contributed by atoms with Crippen molar-refractivity contribution in [2.24, 2.45) is 0 Å². The average molecular weight is 659 g/mol. The molecule has 0 saturated carbocycles. The number of hydrogen-bond donors (Lipinski definition) is 0. The van der Waals surface area contributed by atoms with Crippen molar-refractivity contribution in [2.45, 2.75) is 89.1 Å². The first-order chi connectivity index (χ1) is 22.4. The summed E-state index contributed by atoms with van der Waals surface area (Å²) in [5.74, 6) is -2.45. The molecule has 1 aromatic carbocycles. The number of benzene rings is 1. The first kappa shape index (κ1) is 31.6. The molecule has 0 spiro atoms. The number of piperazine rings is 1. The van der Waals surface area contributed by atoms with E-state index in [1.165, 1.54) is 18.3 Å². The van der Waals surface area contributed by atoms with Crippen LogP contribution in [-0.2, 0) is 4.74 Å². The summed E-state index contributed by atoms with van der Waals surface area (Å²) >= 11 is 0. The number of pyridine rings is 1. The van der Waals surface area contributed by atoms with Crippen molar-refractivity contribution in [3.8, 4) is 23.0 Å². The van der Waals surface area contributed by atoms with Gasteiger partial charge in [0.25, 0.3) is 0 Å². The van der Waals surface area contributed by atoms with Gasteiger partial charge in [0.1, 0.15) is 29.2 Å². The van der Waals surface area contributed by atoms with Crippen LogP contribution < -0.4 is 14.4 Å². The minimum absolute atomic E-state index is 0.0260. The van der Waals surface area contributed by atoms with Crippen molar-refractivity contribution >= 4 is 22.8 Å². The van der Waals surface area contributed by atoms with Gasteiger partial charge in [-0.3, -0.25) is 14.8 Å². The van der Waals surface area contributed by atoms with Gasteiger partial charge >= 0.3 is 18.7 Å². The Morgan fingerprint density at radius 1 is 1.06 bits per heavy atom. The Bertz CT molecular complexity index is 1660. The van der Waals surface area contributed by atoms with Gasteiger partial charge in [0, 0.05) is 24.8 Å². The predicted molar refractivity (Wildman–Crippen MR) is 165 cm³/mol. The van der Waals surface area contributed by atoms with Crippen LogP contribution in [0.3, 0.4) is 0 Å². The summed E-state index contributed by atoms with van der Waals surface area (Å²) in [5, 5.41) is 0.276. The second kappa shape index (κ2) is 11.9. The summed E-state index contributed by atoms with van der Waals surface area (Å²) < 4.78 is 74.0. The number of carbonyl (C=O) groups is 1. The molecule has 10 nitrogen and oxygen atoms in total. The van der Waals surface area contributed by atoms with E-state index in [9.17, 15) is 18.0 Å². The van der Waals surface area contributed by atoms with Crippen molar-refractivity contribution in [1.29, 1.82) is 0 Å². The molecule has 4 aliphatic rings. The number of aromatic nitrogens is 3. The molecule has 47 heavy (non-hydrogen) atoms. The Balaban J connectivity index is 1.28. The van der Waals surface area contributed by atoms with Crippen LogP contribution in [0.2, 0.25) is 0 Å². The molecule has 0 unspecified atom stereocenters. The van der Waals surface area contributed by atoms with Crippen LogP contribution in [0.4, 0.5) is 28.2 Å². The molecule has 4 aliphatic heterocycles. The Hall–Kier alpha value is -3.94. The largest absolute Gasteiger partial charge is 0.461 e. The molecule has 4 saturated heterocycles. The minimum Gasteiger partial charge on any atom is -0.461 e. The molecule has 3 aromatic rings. The molecule has 252 valence electrons. The van der Waals surface area contributed by atoms with Gasteiger partial charge in [-0.1, -0.05) is 6.07 Å². The maximum atomic E-state index is 16.5. The van der Waals surface area contributed by atoms with Gasteiger partial charge in [-0.05, 0) is 84.5 Å². The van der Waals surface area contributed by atoms with E-state index in [0.29, 0.717) is 25.5 Å². The number of para-hydroxylation sites is 1. The molecule has 2 atom stereocenters. The third-order valence-corrected chi connectivity index (χ3v) is 9.74. The maximum Gasteiger partial charge on any atom is 0.410 e. The highest BCUT2D eigenvalue weighted by molar-refractivity contribution is 5.92. The minimum atomic E-state index is -3.33. The van der Waals surface area contributed by atoms with Crippen LogP contribution in [0.5, 0.6) is 11.8 Å². The highest BCUT2D eigenvalue weighted by atomic mass is 19.3. The summed E-state index contributed by atoms with van der Waals surface area (Å²) in [5.41, 5.74) is -1.57. The van der Waals surface area contributed by atoms with E-state index in [1.54, 1.807) is 4.90 Å². The number of ether oxygens (including phenoxy) is 3. The third-order valence-electron chi connectivity index (χ3n) is 9.74. The van der Waals surface area contributed by atoms with Crippen LogP contribution in [0.1, 0.15) is 59.3 Å². The van der Waals surface area contributed by atoms with Gasteiger partial charge in [-0.2, -0.15) is 18.7 Å². The van der Waals surface area contributed by atoms with Crippen molar-refractivity contribution < 1.29 is 36.6 Å². The Kier molecular flexibility index (Phi) is 8.04. The molecule has 6 heterocycles. The average Bonchev–Trinajstić information content (AvgIpc) is 3.67. The number of nitrogens with zero attached hydrogens (tertiary/aromatic N) is 6. The van der Waals surface area contributed by atoms with E-state index >= 15 is 4.39 Å². The fourth-order valence-corrected chi connectivity index (χ4v) is 7.77. The number of carbonyl (C=O) groups excluding carboxylic acids is 1. The molecule has 7 rings (SSSR count). The van der Waals surface area contributed by atoms with Crippen molar-refractivity contribution in [1.82, 2.24) is 24.8 Å². The Morgan fingerprint density at radius 2 is 1.77 bits per heavy atom. The Morgan fingerprint density at radius 3 is 2.43 bits per heavy atom. The van der Waals surface area contributed by atoms with E-state index in [4.69, 9.17) is 14.5 Å². The molecule has 14 heteroatoms. The van der Waals surface area contributed by atoms with Crippen molar-refractivity contribution in [2.75, 3.05) is 37.7 Å². The standard InChI is InChI=1S/C33H38F4N6O4/c1-32(2,3)47-31(44)43-19-9-10-20(43)17-41(16-19)28-22-15-38-25(21-7-4-8-23(34)27(21)46-29(36)37)24(35)26(22)39-30(40-28)45-18-33-11-5-13-42(33)14-6-12-33/h4,7-8,15,19-20,29H,5-6,9-14,16-18H2,1-3H3/t19-,20+. The summed E-state index contributed by atoms with van der Waals surface area (Å²) in [7, 11) is 0. The zero-order chi connectivity index (χ0) is 33.1.